The Labute approximate surface area is 62.2 Å². The van der Waals surface area contributed by atoms with Gasteiger partial charge in [0, 0.05) is 7.05 Å². The van der Waals surface area contributed by atoms with Gasteiger partial charge in [-0.3, -0.25) is 4.74 Å². The molecule has 0 aliphatic carbocycles. The van der Waals surface area contributed by atoms with E-state index in [1.807, 2.05) is 0 Å². The lowest BCUT2D eigenvalue weighted by atomic mass is 10.4. The Morgan fingerprint density at radius 1 is 1.55 bits per heavy atom. The fourth-order valence-electron chi connectivity index (χ4n) is 0.682. The first kappa shape index (κ1) is 8.39. The minimum absolute atomic E-state index is 1.13. The van der Waals surface area contributed by atoms with Crippen LogP contribution in [0, 0.1) is 6.42 Å². The fraction of sp³-hybridized carbons (Fsp3) is 0.500. The van der Waals surface area contributed by atoms with Crippen LogP contribution in [0.5, 0.6) is 0 Å². The standard InChI is InChI=1S/C6H6F3NO/c1-10-4-2-3-5(10)11-6(7,8)9/h2,4-5H,1H3. The minimum Gasteiger partial charge on any atom is -0.355 e. The number of halogens is 3. The fourth-order valence-corrected chi connectivity index (χ4v) is 0.682. The van der Waals surface area contributed by atoms with Gasteiger partial charge in [-0.25, -0.2) is 0 Å². The van der Waals surface area contributed by atoms with E-state index in [2.05, 4.69) is 11.2 Å². The summed E-state index contributed by atoms with van der Waals surface area (Å²) in [5, 5.41) is 0. The van der Waals surface area contributed by atoms with Crippen molar-refractivity contribution in [2.24, 2.45) is 0 Å². The lowest BCUT2D eigenvalue weighted by Gasteiger charge is -2.21. The summed E-state index contributed by atoms with van der Waals surface area (Å²) in [5.41, 5.74) is 0. The summed E-state index contributed by atoms with van der Waals surface area (Å²) >= 11 is 0. The monoisotopic (exact) mass is 165 g/mol. The SMILES string of the molecule is CN1C=C[C]C1OC(F)(F)F. The molecule has 0 aromatic rings. The van der Waals surface area contributed by atoms with Crippen LogP contribution in [0.25, 0.3) is 0 Å². The second-order valence-corrected chi connectivity index (χ2v) is 2.06. The molecule has 1 aliphatic rings. The number of ether oxygens (including phenoxy) is 1. The summed E-state index contributed by atoms with van der Waals surface area (Å²) in [6.07, 6.45) is -0.523. The summed E-state index contributed by atoms with van der Waals surface area (Å²) in [6, 6.07) is 0. The van der Waals surface area contributed by atoms with Crippen molar-refractivity contribution in [2.75, 3.05) is 7.05 Å². The van der Waals surface area contributed by atoms with Crippen LogP contribution in [0.4, 0.5) is 13.2 Å². The first-order valence-corrected chi connectivity index (χ1v) is 2.88. The summed E-state index contributed by atoms with van der Waals surface area (Å²) in [5.74, 6) is 0. The molecule has 1 unspecified atom stereocenters. The first-order chi connectivity index (χ1) is 4.99. The van der Waals surface area contributed by atoms with Gasteiger partial charge < -0.3 is 4.90 Å². The van der Waals surface area contributed by atoms with E-state index < -0.39 is 12.6 Å². The number of rotatable bonds is 1. The Hall–Kier alpha value is -0.710. The molecule has 2 nitrogen and oxygen atoms in total. The molecule has 11 heavy (non-hydrogen) atoms. The van der Waals surface area contributed by atoms with Crippen molar-refractivity contribution in [1.82, 2.24) is 4.90 Å². The van der Waals surface area contributed by atoms with Crippen molar-refractivity contribution in [2.45, 2.75) is 12.6 Å². The zero-order valence-electron chi connectivity index (χ0n) is 5.72. The molecule has 0 N–H and O–H groups in total. The molecule has 2 radical (unpaired) electrons. The van der Waals surface area contributed by atoms with Gasteiger partial charge in [0.05, 0.1) is 6.42 Å². The molecule has 1 heterocycles. The van der Waals surface area contributed by atoms with Crippen molar-refractivity contribution in [3.8, 4) is 0 Å². The molecule has 0 aromatic heterocycles. The van der Waals surface area contributed by atoms with Gasteiger partial charge in [0.25, 0.3) is 0 Å². The van der Waals surface area contributed by atoms with Crippen LogP contribution in [0.3, 0.4) is 0 Å². The van der Waals surface area contributed by atoms with Gasteiger partial charge in [-0.05, 0) is 6.20 Å². The summed E-state index contributed by atoms with van der Waals surface area (Å²) in [7, 11) is 1.48. The average molecular weight is 165 g/mol. The van der Waals surface area contributed by atoms with Gasteiger partial charge in [-0.15, -0.1) is 13.2 Å². The van der Waals surface area contributed by atoms with E-state index in [4.69, 9.17) is 0 Å². The van der Waals surface area contributed by atoms with E-state index in [0.717, 1.165) is 0 Å². The Bertz CT molecular complexity index is 166. The number of hydrogen-bond acceptors (Lipinski definition) is 2. The van der Waals surface area contributed by atoms with E-state index in [-0.39, 0.29) is 0 Å². The lowest BCUT2D eigenvalue weighted by Crippen LogP contribution is -2.32. The third-order valence-electron chi connectivity index (χ3n) is 1.16. The highest BCUT2D eigenvalue weighted by Crippen LogP contribution is 2.23. The molecule has 0 amide bonds. The molecular formula is C6H6F3NO. The van der Waals surface area contributed by atoms with Crippen molar-refractivity contribution in [3.63, 3.8) is 0 Å². The van der Waals surface area contributed by atoms with Crippen molar-refractivity contribution in [1.29, 1.82) is 0 Å². The Morgan fingerprint density at radius 3 is 2.55 bits per heavy atom. The van der Waals surface area contributed by atoms with Crippen LogP contribution in [-0.2, 0) is 4.74 Å². The second-order valence-electron chi connectivity index (χ2n) is 2.06. The zero-order valence-corrected chi connectivity index (χ0v) is 5.72. The maximum atomic E-state index is 11.6. The highest BCUT2D eigenvalue weighted by atomic mass is 19.4. The molecule has 5 heteroatoms. The van der Waals surface area contributed by atoms with E-state index >= 15 is 0 Å². The van der Waals surface area contributed by atoms with E-state index in [1.54, 1.807) is 0 Å². The summed E-state index contributed by atoms with van der Waals surface area (Å²) in [4.78, 5) is 1.27. The van der Waals surface area contributed by atoms with Gasteiger partial charge in [0.2, 0.25) is 0 Å². The predicted octanol–water partition coefficient (Wildman–Crippen LogP) is 1.39. The van der Waals surface area contributed by atoms with E-state index in [1.165, 1.54) is 24.2 Å². The van der Waals surface area contributed by atoms with Gasteiger partial charge in [-0.2, -0.15) is 0 Å². The maximum absolute atomic E-state index is 11.6. The average Bonchev–Trinajstić information content (AvgIpc) is 2.12. The van der Waals surface area contributed by atoms with Gasteiger partial charge in [-0.1, -0.05) is 6.08 Å². The Morgan fingerprint density at radius 2 is 2.18 bits per heavy atom. The molecule has 0 fully saturated rings. The number of alkyl halides is 3. The largest absolute Gasteiger partial charge is 0.524 e. The summed E-state index contributed by atoms with van der Waals surface area (Å²) < 4.78 is 38.4. The van der Waals surface area contributed by atoms with E-state index in [0.29, 0.717) is 0 Å². The molecule has 0 aromatic carbocycles. The Kier molecular flexibility index (Phi) is 2.08. The highest BCUT2D eigenvalue weighted by Gasteiger charge is 2.35. The van der Waals surface area contributed by atoms with Crippen LogP contribution in [0.1, 0.15) is 0 Å². The lowest BCUT2D eigenvalue weighted by molar-refractivity contribution is -0.349. The van der Waals surface area contributed by atoms with Crippen LogP contribution in [-0.4, -0.2) is 24.5 Å². The molecule has 0 saturated carbocycles. The molecule has 0 saturated heterocycles. The van der Waals surface area contributed by atoms with Gasteiger partial charge >= 0.3 is 6.36 Å². The summed E-state index contributed by atoms with van der Waals surface area (Å²) in [6.45, 7) is 0. The van der Waals surface area contributed by atoms with Crippen molar-refractivity contribution < 1.29 is 17.9 Å². The highest BCUT2D eigenvalue weighted by molar-refractivity contribution is 5.06. The number of hydrogen-bond donors (Lipinski definition) is 0. The van der Waals surface area contributed by atoms with Crippen LogP contribution in [0.15, 0.2) is 12.3 Å². The normalized spacial score (nSPS) is 24.7. The first-order valence-electron chi connectivity index (χ1n) is 2.88. The van der Waals surface area contributed by atoms with Gasteiger partial charge in [0.1, 0.15) is 6.23 Å². The number of nitrogens with zero attached hydrogens (tertiary/aromatic N) is 1. The second kappa shape index (κ2) is 2.73. The molecule has 1 rings (SSSR count). The quantitative estimate of drug-likeness (QED) is 0.582. The topological polar surface area (TPSA) is 12.5 Å². The molecule has 62 valence electrons. The Balaban J connectivity index is 2.40. The van der Waals surface area contributed by atoms with Crippen LogP contribution < -0.4 is 0 Å². The van der Waals surface area contributed by atoms with Crippen molar-refractivity contribution in [3.05, 3.63) is 18.7 Å². The minimum atomic E-state index is -4.60. The predicted molar refractivity (Wildman–Crippen MR) is 31.1 cm³/mol. The van der Waals surface area contributed by atoms with Crippen LogP contribution in [0.2, 0.25) is 0 Å². The molecule has 1 aliphatic heterocycles. The molecule has 0 bridgehead atoms. The van der Waals surface area contributed by atoms with Crippen LogP contribution >= 0.6 is 0 Å². The van der Waals surface area contributed by atoms with Crippen molar-refractivity contribution >= 4 is 0 Å². The third kappa shape index (κ3) is 2.42. The molecule has 1 atom stereocenters. The van der Waals surface area contributed by atoms with Gasteiger partial charge in [0.15, 0.2) is 0 Å². The van der Waals surface area contributed by atoms with E-state index in [9.17, 15) is 13.2 Å². The molecular weight excluding hydrogens is 159 g/mol. The molecule has 0 spiro atoms. The third-order valence-corrected chi connectivity index (χ3v) is 1.16. The zero-order chi connectivity index (χ0) is 8.48. The maximum Gasteiger partial charge on any atom is 0.524 e. The smallest absolute Gasteiger partial charge is 0.355 e.